The molecule has 2 rings (SSSR count). The zero-order valence-electron chi connectivity index (χ0n) is 6.05. The molecule has 56 valence electrons. The summed E-state index contributed by atoms with van der Waals surface area (Å²) in [7, 11) is 0. The van der Waals surface area contributed by atoms with Crippen LogP contribution < -0.4 is 5.32 Å². The van der Waals surface area contributed by atoms with Crippen LogP contribution in [0.4, 0.5) is 0 Å². The van der Waals surface area contributed by atoms with E-state index in [2.05, 4.69) is 5.32 Å². The van der Waals surface area contributed by atoms with Crippen molar-refractivity contribution in [2.24, 2.45) is 11.8 Å². The fourth-order valence-corrected chi connectivity index (χ4v) is 2.30. The molecule has 1 saturated carbocycles. The van der Waals surface area contributed by atoms with Gasteiger partial charge < -0.3 is 10.1 Å². The zero-order chi connectivity index (χ0) is 6.97. The van der Waals surface area contributed by atoms with Crippen LogP contribution in [0.25, 0.3) is 0 Å². The van der Waals surface area contributed by atoms with Crippen LogP contribution in [0.15, 0.2) is 0 Å². The van der Waals surface area contributed by atoms with E-state index in [1.807, 2.05) is 0 Å². The van der Waals surface area contributed by atoms with E-state index in [9.17, 15) is 4.79 Å². The van der Waals surface area contributed by atoms with Crippen molar-refractivity contribution in [3.63, 3.8) is 0 Å². The van der Waals surface area contributed by atoms with Crippen LogP contribution in [0, 0.1) is 11.8 Å². The average Bonchev–Trinajstić information content (AvgIpc) is 2.19. The van der Waals surface area contributed by atoms with Crippen LogP contribution in [-0.2, 0) is 4.79 Å². The molecule has 0 radical (unpaired) electrons. The van der Waals surface area contributed by atoms with E-state index in [0.717, 1.165) is 12.8 Å². The Morgan fingerprint density at radius 1 is 1.40 bits per heavy atom. The fourth-order valence-electron chi connectivity index (χ4n) is 2.30. The molecule has 1 aliphatic carbocycles. The first-order valence-corrected chi connectivity index (χ1v) is 4.10. The summed E-state index contributed by atoms with van der Waals surface area (Å²) in [6.45, 7) is 1.08. The molecule has 1 aliphatic heterocycles. The number of hydrogen-bond donors (Lipinski definition) is 1. The molecule has 1 heterocycles. The lowest BCUT2D eigenvalue weighted by Gasteiger charge is -2.23. The molecular formula is C8H13NO. The van der Waals surface area contributed by atoms with Gasteiger partial charge in [0.25, 0.3) is 0 Å². The lowest BCUT2D eigenvalue weighted by molar-refractivity contribution is -0.112. The second kappa shape index (κ2) is 2.35. The molecule has 2 bridgehead atoms. The number of fused-ring (bicyclic) bond motifs is 2. The Kier molecular flexibility index (Phi) is 1.49. The minimum absolute atomic E-state index is 0.341. The Hall–Kier alpha value is -0.370. The van der Waals surface area contributed by atoms with Gasteiger partial charge in [0.15, 0.2) is 0 Å². The van der Waals surface area contributed by atoms with Crippen LogP contribution in [-0.4, -0.2) is 18.9 Å². The van der Waals surface area contributed by atoms with Crippen molar-refractivity contribution < 1.29 is 4.79 Å². The van der Waals surface area contributed by atoms with Gasteiger partial charge in [0, 0.05) is 12.0 Å². The number of hydrogen-bond acceptors (Lipinski definition) is 2. The molecule has 2 aliphatic rings. The van der Waals surface area contributed by atoms with Crippen molar-refractivity contribution in [1.82, 2.24) is 5.32 Å². The average molecular weight is 139 g/mol. The Morgan fingerprint density at radius 2 is 2.30 bits per heavy atom. The molecule has 2 fully saturated rings. The van der Waals surface area contributed by atoms with Crippen molar-refractivity contribution >= 4 is 6.29 Å². The second-order valence-corrected chi connectivity index (χ2v) is 3.42. The molecule has 10 heavy (non-hydrogen) atoms. The van der Waals surface area contributed by atoms with E-state index < -0.39 is 0 Å². The van der Waals surface area contributed by atoms with Crippen molar-refractivity contribution in [3.05, 3.63) is 0 Å². The largest absolute Gasteiger partial charge is 0.313 e. The monoisotopic (exact) mass is 139 g/mol. The second-order valence-electron chi connectivity index (χ2n) is 3.42. The normalized spacial score (nSPS) is 45.4. The smallest absolute Gasteiger partial charge is 0.124 e. The van der Waals surface area contributed by atoms with Gasteiger partial charge in [0.2, 0.25) is 0 Å². The van der Waals surface area contributed by atoms with Crippen molar-refractivity contribution in [1.29, 1.82) is 0 Å². The quantitative estimate of drug-likeness (QED) is 0.538. The summed E-state index contributed by atoms with van der Waals surface area (Å²) >= 11 is 0. The summed E-state index contributed by atoms with van der Waals surface area (Å²) in [5.74, 6) is 1.00. The lowest BCUT2D eigenvalue weighted by Crippen LogP contribution is -2.30. The lowest BCUT2D eigenvalue weighted by atomic mass is 9.81. The standard InChI is InChI=1S/C8H13NO/c10-5-7-6-2-1-3-8(7)9-4-6/h5-9H,1-4H2. The molecular weight excluding hydrogens is 126 g/mol. The van der Waals surface area contributed by atoms with Crippen LogP contribution in [0.5, 0.6) is 0 Å². The van der Waals surface area contributed by atoms with Crippen LogP contribution in [0.2, 0.25) is 0 Å². The summed E-state index contributed by atoms with van der Waals surface area (Å²) < 4.78 is 0. The maximum absolute atomic E-state index is 10.6. The summed E-state index contributed by atoms with van der Waals surface area (Å²) in [4.78, 5) is 10.6. The van der Waals surface area contributed by atoms with Gasteiger partial charge in [-0.05, 0) is 25.3 Å². The van der Waals surface area contributed by atoms with Gasteiger partial charge in [0.05, 0.1) is 0 Å². The first kappa shape index (κ1) is 6.35. The van der Waals surface area contributed by atoms with Gasteiger partial charge in [-0.3, -0.25) is 0 Å². The maximum Gasteiger partial charge on any atom is 0.124 e. The number of aldehydes is 1. The zero-order valence-corrected chi connectivity index (χ0v) is 6.05. The first-order valence-electron chi connectivity index (χ1n) is 4.10. The minimum atomic E-state index is 0.341. The molecule has 3 atom stereocenters. The van der Waals surface area contributed by atoms with Gasteiger partial charge in [0.1, 0.15) is 6.29 Å². The maximum atomic E-state index is 10.6. The van der Waals surface area contributed by atoms with Crippen LogP contribution in [0.1, 0.15) is 19.3 Å². The highest BCUT2D eigenvalue weighted by Gasteiger charge is 2.37. The summed E-state index contributed by atoms with van der Waals surface area (Å²) in [5.41, 5.74) is 0. The first-order chi connectivity index (χ1) is 4.92. The van der Waals surface area contributed by atoms with E-state index >= 15 is 0 Å². The van der Waals surface area contributed by atoms with E-state index in [-0.39, 0.29) is 0 Å². The molecule has 0 amide bonds. The van der Waals surface area contributed by atoms with E-state index in [1.54, 1.807) is 0 Å². The minimum Gasteiger partial charge on any atom is -0.313 e. The van der Waals surface area contributed by atoms with Gasteiger partial charge >= 0.3 is 0 Å². The molecule has 1 saturated heterocycles. The van der Waals surface area contributed by atoms with E-state index in [4.69, 9.17) is 0 Å². The molecule has 3 unspecified atom stereocenters. The molecule has 0 aromatic carbocycles. The Balaban J connectivity index is 2.13. The third-order valence-electron chi connectivity index (χ3n) is 2.90. The van der Waals surface area contributed by atoms with Crippen molar-refractivity contribution in [2.45, 2.75) is 25.3 Å². The predicted octanol–water partition coefficient (Wildman–Crippen LogP) is 0.573. The molecule has 2 heteroatoms. The topological polar surface area (TPSA) is 29.1 Å². The highest BCUT2D eigenvalue weighted by molar-refractivity contribution is 5.56. The third kappa shape index (κ3) is 0.788. The van der Waals surface area contributed by atoms with E-state index in [0.29, 0.717) is 17.9 Å². The SMILES string of the molecule is O=CC1C2CCCC1NC2. The van der Waals surface area contributed by atoms with E-state index in [1.165, 1.54) is 19.3 Å². The van der Waals surface area contributed by atoms with Gasteiger partial charge in [-0.25, -0.2) is 0 Å². The molecule has 1 N–H and O–H groups in total. The number of carbonyl (C=O) groups excluding carboxylic acids is 1. The van der Waals surface area contributed by atoms with Crippen LogP contribution >= 0.6 is 0 Å². The molecule has 2 nitrogen and oxygen atoms in total. The Bertz CT molecular complexity index is 130. The fraction of sp³-hybridized carbons (Fsp3) is 0.875. The Labute approximate surface area is 61.0 Å². The van der Waals surface area contributed by atoms with Crippen molar-refractivity contribution in [3.8, 4) is 0 Å². The molecule has 0 aromatic rings. The van der Waals surface area contributed by atoms with Gasteiger partial charge in [-0.15, -0.1) is 0 Å². The van der Waals surface area contributed by atoms with Gasteiger partial charge in [-0.1, -0.05) is 6.42 Å². The summed E-state index contributed by atoms with van der Waals surface area (Å²) in [5, 5.41) is 3.39. The van der Waals surface area contributed by atoms with Gasteiger partial charge in [-0.2, -0.15) is 0 Å². The predicted molar refractivity (Wildman–Crippen MR) is 38.7 cm³/mol. The number of rotatable bonds is 1. The number of carbonyl (C=O) groups is 1. The highest BCUT2D eigenvalue weighted by atomic mass is 16.1. The summed E-state index contributed by atoms with van der Waals surface area (Å²) in [6.07, 6.45) is 4.92. The van der Waals surface area contributed by atoms with Crippen LogP contribution in [0.3, 0.4) is 0 Å². The molecule has 0 aromatic heterocycles. The molecule has 0 spiro atoms. The highest BCUT2D eigenvalue weighted by Crippen LogP contribution is 2.33. The third-order valence-corrected chi connectivity index (χ3v) is 2.90. The summed E-state index contributed by atoms with van der Waals surface area (Å²) in [6, 6.07) is 0.524. The van der Waals surface area contributed by atoms with Crippen molar-refractivity contribution in [2.75, 3.05) is 6.54 Å². The number of nitrogens with one attached hydrogen (secondary N) is 1. The Morgan fingerprint density at radius 3 is 2.90 bits per heavy atom.